The fourth-order valence-corrected chi connectivity index (χ4v) is 2.04. The third-order valence-electron chi connectivity index (χ3n) is 3.06. The van der Waals surface area contributed by atoms with Crippen LogP contribution in [0.4, 0.5) is 5.69 Å². The molecule has 1 aromatic rings. The van der Waals surface area contributed by atoms with Gasteiger partial charge in [0.25, 0.3) is 0 Å². The number of nitrogens with zero attached hydrogens (tertiary/aromatic N) is 1. The first kappa shape index (κ1) is 18.2. The van der Waals surface area contributed by atoms with Crippen LogP contribution in [0.5, 0.6) is 0 Å². The smallest absolute Gasteiger partial charge is 0.238 e. The number of likely N-dealkylation sites (tertiary alicyclic amines) is 1. The average Bonchev–Trinajstić information content (AvgIpc) is 2.33. The number of benzene rings is 1. The van der Waals surface area contributed by atoms with Gasteiger partial charge in [-0.2, -0.15) is 0 Å². The van der Waals surface area contributed by atoms with Gasteiger partial charge in [0, 0.05) is 24.8 Å². The number of nitrogens with two attached hydrogens (primary N) is 1. The lowest BCUT2D eigenvalue weighted by Crippen LogP contribution is -2.43. The molecule has 0 atom stereocenters. The van der Waals surface area contributed by atoms with E-state index in [0.717, 1.165) is 31.6 Å². The second-order valence-corrected chi connectivity index (χ2v) is 4.53. The van der Waals surface area contributed by atoms with Crippen molar-refractivity contribution in [3.05, 3.63) is 30.3 Å². The summed E-state index contributed by atoms with van der Waals surface area (Å²) in [5, 5.41) is 2.89. The number of anilines is 1. The molecule has 19 heavy (non-hydrogen) atoms. The molecule has 1 aliphatic heterocycles. The van der Waals surface area contributed by atoms with Crippen molar-refractivity contribution in [2.75, 3.05) is 25.0 Å². The SMILES string of the molecule is Cl.Cl.NC1CCN(CC(=O)Nc2ccccc2)CC1. The van der Waals surface area contributed by atoms with Crippen LogP contribution in [0.3, 0.4) is 0 Å². The highest BCUT2D eigenvalue weighted by Gasteiger charge is 2.17. The summed E-state index contributed by atoms with van der Waals surface area (Å²) >= 11 is 0. The Bertz CT molecular complexity index is 367. The van der Waals surface area contributed by atoms with Gasteiger partial charge < -0.3 is 11.1 Å². The van der Waals surface area contributed by atoms with Gasteiger partial charge in [0.15, 0.2) is 0 Å². The maximum absolute atomic E-state index is 11.8. The second-order valence-electron chi connectivity index (χ2n) is 4.53. The first-order chi connectivity index (χ1) is 8.24. The number of hydrogen-bond acceptors (Lipinski definition) is 3. The standard InChI is InChI=1S/C13H19N3O.2ClH/c14-11-6-8-16(9-7-11)10-13(17)15-12-4-2-1-3-5-12;;/h1-5,11H,6-10,14H2,(H,15,17);2*1H. The van der Waals surface area contributed by atoms with E-state index >= 15 is 0 Å². The molecule has 0 bridgehead atoms. The predicted octanol–water partition coefficient (Wildman–Crippen LogP) is 1.89. The molecular weight excluding hydrogens is 285 g/mol. The van der Waals surface area contributed by atoms with Crippen molar-refractivity contribution in [3.8, 4) is 0 Å². The Balaban J connectivity index is 0.00000162. The monoisotopic (exact) mass is 305 g/mol. The molecule has 1 amide bonds. The van der Waals surface area contributed by atoms with Gasteiger partial charge in [0.1, 0.15) is 0 Å². The van der Waals surface area contributed by atoms with Crippen molar-refractivity contribution in [2.45, 2.75) is 18.9 Å². The van der Waals surface area contributed by atoms with Crippen molar-refractivity contribution in [1.82, 2.24) is 4.90 Å². The lowest BCUT2D eigenvalue weighted by molar-refractivity contribution is -0.117. The molecule has 0 saturated carbocycles. The zero-order valence-corrected chi connectivity index (χ0v) is 12.4. The van der Waals surface area contributed by atoms with Gasteiger partial charge in [-0.1, -0.05) is 18.2 Å². The zero-order valence-electron chi connectivity index (χ0n) is 10.7. The summed E-state index contributed by atoms with van der Waals surface area (Å²) in [6.45, 7) is 2.30. The van der Waals surface area contributed by atoms with Crippen LogP contribution in [0.1, 0.15) is 12.8 Å². The van der Waals surface area contributed by atoms with Gasteiger partial charge >= 0.3 is 0 Å². The first-order valence-electron chi connectivity index (χ1n) is 6.07. The Labute approximate surface area is 126 Å². The summed E-state index contributed by atoms with van der Waals surface area (Å²) in [7, 11) is 0. The van der Waals surface area contributed by atoms with Crippen LogP contribution in [-0.4, -0.2) is 36.5 Å². The predicted molar refractivity (Wildman–Crippen MR) is 83.2 cm³/mol. The topological polar surface area (TPSA) is 58.4 Å². The molecule has 6 heteroatoms. The number of hydrogen-bond donors (Lipinski definition) is 2. The Hall–Kier alpha value is -0.810. The number of amides is 1. The first-order valence-corrected chi connectivity index (χ1v) is 6.07. The van der Waals surface area contributed by atoms with Crippen LogP contribution in [0.2, 0.25) is 0 Å². The number of carbonyl (C=O) groups excluding carboxylic acids is 1. The van der Waals surface area contributed by atoms with E-state index in [0.29, 0.717) is 12.6 Å². The number of piperidine rings is 1. The number of halogens is 2. The highest BCUT2D eigenvalue weighted by Crippen LogP contribution is 2.09. The van der Waals surface area contributed by atoms with Crippen LogP contribution in [-0.2, 0) is 4.79 Å². The third kappa shape index (κ3) is 6.25. The molecule has 0 aliphatic carbocycles. The molecule has 2 rings (SSSR count). The summed E-state index contributed by atoms with van der Waals surface area (Å²) < 4.78 is 0. The van der Waals surface area contributed by atoms with Gasteiger partial charge in [-0.15, -0.1) is 24.8 Å². The highest BCUT2D eigenvalue weighted by atomic mass is 35.5. The number of carbonyl (C=O) groups is 1. The molecule has 3 N–H and O–H groups in total. The molecule has 108 valence electrons. The minimum atomic E-state index is 0. The largest absolute Gasteiger partial charge is 0.328 e. The van der Waals surface area contributed by atoms with Gasteiger partial charge in [0.2, 0.25) is 5.91 Å². The Kier molecular flexibility index (Phi) is 8.76. The molecule has 4 nitrogen and oxygen atoms in total. The van der Waals surface area contributed by atoms with Crippen LogP contribution in [0.25, 0.3) is 0 Å². The van der Waals surface area contributed by atoms with Crippen molar-refractivity contribution in [3.63, 3.8) is 0 Å². The van der Waals surface area contributed by atoms with E-state index < -0.39 is 0 Å². The van der Waals surface area contributed by atoms with E-state index in [4.69, 9.17) is 5.73 Å². The Morgan fingerprint density at radius 1 is 1.21 bits per heavy atom. The molecular formula is C13H21Cl2N3O. The minimum Gasteiger partial charge on any atom is -0.328 e. The number of rotatable bonds is 3. The van der Waals surface area contributed by atoms with Gasteiger partial charge in [-0.25, -0.2) is 0 Å². The molecule has 0 unspecified atom stereocenters. The quantitative estimate of drug-likeness (QED) is 0.896. The van der Waals surface area contributed by atoms with E-state index in [1.54, 1.807) is 0 Å². The summed E-state index contributed by atoms with van der Waals surface area (Å²) in [6.07, 6.45) is 1.97. The second kappa shape index (κ2) is 9.15. The van der Waals surface area contributed by atoms with Crippen molar-refractivity contribution in [1.29, 1.82) is 0 Å². The average molecular weight is 306 g/mol. The molecule has 1 aliphatic rings. The molecule has 0 spiro atoms. The summed E-state index contributed by atoms with van der Waals surface area (Å²) in [5.41, 5.74) is 6.68. The normalized spacial score (nSPS) is 16.1. The molecule has 1 aromatic carbocycles. The summed E-state index contributed by atoms with van der Waals surface area (Å²) in [6, 6.07) is 9.85. The molecule has 0 radical (unpaired) electrons. The number of nitrogens with one attached hydrogen (secondary N) is 1. The van der Waals surface area contributed by atoms with Crippen LogP contribution < -0.4 is 11.1 Å². The van der Waals surface area contributed by atoms with Crippen LogP contribution in [0, 0.1) is 0 Å². The minimum absolute atomic E-state index is 0. The van der Waals surface area contributed by atoms with E-state index in [1.165, 1.54) is 0 Å². The fourth-order valence-electron chi connectivity index (χ4n) is 2.04. The maximum atomic E-state index is 11.8. The van der Waals surface area contributed by atoms with Crippen molar-refractivity contribution in [2.24, 2.45) is 5.73 Å². The summed E-state index contributed by atoms with van der Waals surface area (Å²) in [4.78, 5) is 13.9. The van der Waals surface area contributed by atoms with Gasteiger partial charge in [0.05, 0.1) is 6.54 Å². The van der Waals surface area contributed by atoms with Gasteiger partial charge in [-0.05, 0) is 25.0 Å². The van der Waals surface area contributed by atoms with E-state index in [9.17, 15) is 4.79 Å². The Morgan fingerprint density at radius 3 is 2.37 bits per heavy atom. The lowest BCUT2D eigenvalue weighted by atomic mass is 10.1. The fraction of sp³-hybridized carbons (Fsp3) is 0.462. The number of para-hydroxylation sites is 1. The van der Waals surface area contributed by atoms with Crippen molar-refractivity contribution < 1.29 is 4.79 Å². The van der Waals surface area contributed by atoms with E-state index in [2.05, 4.69) is 10.2 Å². The Morgan fingerprint density at radius 2 is 1.79 bits per heavy atom. The van der Waals surface area contributed by atoms with Gasteiger partial charge in [-0.3, -0.25) is 9.69 Å². The molecule has 1 fully saturated rings. The molecule has 1 heterocycles. The van der Waals surface area contributed by atoms with Crippen LogP contribution in [0.15, 0.2) is 30.3 Å². The summed E-state index contributed by atoms with van der Waals surface area (Å²) in [5.74, 6) is 0.0478. The van der Waals surface area contributed by atoms with Crippen molar-refractivity contribution >= 4 is 36.4 Å². The van der Waals surface area contributed by atoms with Crippen LogP contribution >= 0.6 is 24.8 Å². The maximum Gasteiger partial charge on any atom is 0.238 e. The highest BCUT2D eigenvalue weighted by molar-refractivity contribution is 5.92. The van der Waals surface area contributed by atoms with E-state index in [-0.39, 0.29) is 30.7 Å². The third-order valence-corrected chi connectivity index (χ3v) is 3.06. The molecule has 1 saturated heterocycles. The zero-order chi connectivity index (χ0) is 12.1. The molecule has 0 aromatic heterocycles. The lowest BCUT2D eigenvalue weighted by Gasteiger charge is -2.29. The van der Waals surface area contributed by atoms with E-state index in [1.807, 2.05) is 30.3 Å².